The normalized spacial score (nSPS) is 22.0. The van der Waals surface area contributed by atoms with E-state index < -0.39 is 0 Å². The van der Waals surface area contributed by atoms with Crippen molar-refractivity contribution in [2.24, 2.45) is 5.41 Å². The fourth-order valence-corrected chi connectivity index (χ4v) is 4.05. The number of likely N-dealkylation sites (tertiary alicyclic amines) is 1. The zero-order valence-electron chi connectivity index (χ0n) is 13.6. The maximum atomic E-state index is 12.7. The van der Waals surface area contributed by atoms with Crippen LogP contribution in [0, 0.1) is 5.41 Å². The van der Waals surface area contributed by atoms with Gasteiger partial charge in [0.1, 0.15) is 0 Å². The molecule has 1 aromatic rings. The average Bonchev–Trinajstić information content (AvgIpc) is 3.03. The maximum absolute atomic E-state index is 12.7. The molecule has 0 aliphatic carbocycles. The standard InChI is InChI=1S/C17H27NO3S/c1-3-15-10-14(11-22-15)16(20)18-8-4-6-17(12-18,13-19)7-5-9-21-2/h10-11,19H,3-9,12-13H2,1-2H3/t17-/m1/s1. The summed E-state index contributed by atoms with van der Waals surface area (Å²) in [6, 6.07) is 2.01. The van der Waals surface area contributed by atoms with Crippen molar-refractivity contribution >= 4 is 17.2 Å². The molecule has 1 amide bonds. The Labute approximate surface area is 137 Å². The number of aliphatic hydroxyl groups is 1. The molecule has 1 aliphatic rings. The zero-order valence-corrected chi connectivity index (χ0v) is 14.5. The van der Waals surface area contributed by atoms with E-state index in [-0.39, 0.29) is 17.9 Å². The average molecular weight is 325 g/mol. The van der Waals surface area contributed by atoms with E-state index in [2.05, 4.69) is 6.92 Å². The van der Waals surface area contributed by atoms with E-state index in [0.29, 0.717) is 13.2 Å². The van der Waals surface area contributed by atoms with Crippen molar-refractivity contribution in [2.75, 3.05) is 33.4 Å². The lowest BCUT2D eigenvalue weighted by atomic mass is 9.77. The van der Waals surface area contributed by atoms with E-state index >= 15 is 0 Å². The topological polar surface area (TPSA) is 49.8 Å². The molecule has 0 spiro atoms. The van der Waals surface area contributed by atoms with Gasteiger partial charge in [-0.2, -0.15) is 0 Å². The molecule has 0 unspecified atom stereocenters. The van der Waals surface area contributed by atoms with Crippen molar-refractivity contribution in [1.82, 2.24) is 4.90 Å². The number of aryl methyl sites for hydroxylation is 1. The van der Waals surface area contributed by atoms with Gasteiger partial charge in [0.2, 0.25) is 0 Å². The summed E-state index contributed by atoms with van der Waals surface area (Å²) in [6.45, 7) is 4.41. The number of ether oxygens (including phenoxy) is 1. The number of aliphatic hydroxyl groups excluding tert-OH is 1. The van der Waals surface area contributed by atoms with E-state index in [1.165, 1.54) is 4.88 Å². The third-order valence-electron chi connectivity index (χ3n) is 4.59. The summed E-state index contributed by atoms with van der Waals surface area (Å²) in [4.78, 5) is 15.9. The Balaban J connectivity index is 2.03. The van der Waals surface area contributed by atoms with E-state index in [9.17, 15) is 9.90 Å². The van der Waals surface area contributed by atoms with Crippen LogP contribution in [-0.4, -0.2) is 49.3 Å². The Morgan fingerprint density at radius 3 is 3.00 bits per heavy atom. The van der Waals surface area contributed by atoms with Crippen LogP contribution in [-0.2, 0) is 11.2 Å². The van der Waals surface area contributed by atoms with Gasteiger partial charge in [-0.25, -0.2) is 0 Å². The van der Waals surface area contributed by atoms with Gasteiger partial charge < -0.3 is 14.7 Å². The van der Waals surface area contributed by atoms with Crippen molar-refractivity contribution in [3.63, 3.8) is 0 Å². The number of rotatable bonds is 7. The van der Waals surface area contributed by atoms with Gasteiger partial charge in [0.05, 0.1) is 12.2 Å². The van der Waals surface area contributed by atoms with Crippen molar-refractivity contribution in [2.45, 2.75) is 39.0 Å². The summed E-state index contributed by atoms with van der Waals surface area (Å²) >= 11 is 1.65. The van der Waals surface area contributed by atoms with Crippen LogP contribution in [0.25, 0.3) is 0 Å². The molecule has 1 atom stereocenters. The van der Waals surface area contributed by atoms with Gasteiger partial charge in [-0.05, 0) is 38.2 Å². The molecule has 2 rings (SSSR count). The van der Waals surface area contributed by atoms with Crippen molar-refractivity contribution in [1.29, 1.82) is 0 Å². The minimum Gasteiger partial charge on any atom is -0.396 e. The van der Waals surface area contributed by atoms with Crippen LogP contribution in [0.5, 0.6) is 0 Å². The fraction of sp³-hybridized carbons (Fsp3) is 0.706. The first kappa shape index (κ1) is 17.4. The first-order valence-electron chi connectivity index (χ1n) is 8.10. The highest BCUT2D eigenvalue weighted by molar-refractivity contribution is 7.10. The number of amides is 1. The number of carbonyl (C=O) groups excluding carboxylic acids is 1. The number of nitrogens with zero attached hydrogens (tertiary/aromatic N) is 1. The van der Waals surface area contributed by atoms with Gasteiger partial charge in [0.15, 0.2) is 0 Å². The molecule has 124 valence electrons. The van der Waals surface area contributed by atoms with Crippen LogP contribution >= 0.6 is 11.3 Å². The lowest BCUT2D eigenvalue weighted by Gasteiger charge is -2.42. The largest absolute Gasteiger partial charge is 0.396 e. The Hall–Kier alpha value is -0.910. The molecule has 0 radical (unpaired) electrons. The molecule has 0 saturated carbocycles. The Bertz CT molecular complexity index is 488. The second-order valence-corrected chi connectivity index (χ2v) is 7.24. The van der Waals surface area contributed by atoms with Crippen molar-refractivity contribution in [3.8, 4) is 0 Å². The lowest BCUT2D eigenvalue weighted by molar-refractivity contribution is 0.0180. The predicted molar refractivity (Wildman–Crippen MR) is 89.5 cm³/mol. The minimum absolute atomic E-state index is 0.111. The number of carbonyl (C=O) groups is 1. The van der Waals surface area contributed by atoms with E-state index in [1.807, 2.05) is 16.3 Å². The number of piperidine rings is 1. The number of hydrogen-bond donors (Lipinski definition) is 1. The van der Waals surface area contributed by atoms with E-state index in [1.54, 1.807) is 18.4 Å². The fourth-order valence-electron chi connectivity index (χ4n) is 3.25. The summed E-state index contributed by atoms with van der Waals surface area (Å²) in [5.74, 6) is 0.111. The van der Waals surface area contributed by atoms with Crippen molar-refractivity contribution in [3.05, 3.63) is 21.9 Å². The van der Waals surface area contributed by atoms with Crippen LogP contribution in [0.15, 0.2) is 11.4 Å². The number of methoxy groups -OCH3 is 1. The Morgan fingerprint density at radius 1 is 1.55 bits per heavy atom. The highest BCUT2D eigenvalue weighted by atomic mass is 32.1. The van der Waals surface area contributed by atoms with Gasteiger partial charge in [0, 0.05) is 42.5 Å². The summed E-state index contributed by atoms with van der Waals surface area (Å²) in [5.41, 5.74) is 0.642. The summed E-state index contributed by atoms with van der Waals surface area (Å²) in [7, 11) is 1.70. The second-order valence-electron chi connectivity index (χ2n) is 6.24. The van der Waals surface area contributed by atoms with E-state index in [4.69, 9.17) is 4.74 Å². The van der Waals surface area contributed by atoms with Gasteiger partial charge >= 0.3 is 0 Å². The Kier molecular flexibility index (Phi) is 6.41. The molecule has 2 heterocycles. The number of thiophene rings is 1. The van der Waals surface area contributed by atoms with Gasteiger partial charge in [-0.3, -0.25) is 4.79 Å². The smallest absolute Gasteiger partial charge is 0.254 e. The van der Waals surface area contributed by atoms with Crippen LogP contribution in [0.2, 0.25) is 0 Å². The second kappa shape index (κ2) is 8.09. The molecule has 1 saturated heterocycles. The highest BCUT2D eigenvalue weighted by Gasteiger charge is 2.36. The van der Waals surface area contributed by atoms with Crippen LogP contribution in [0.4, 0.5) is 0 Å². The number of hydrogen-bond acceptors (Lipinski definition) is 4. The molecule has 22 heavy (non-hydrogen) atoms. The van der Waals surface area contributed by atoms with Crippen LogP contribution in [0.3, 0.4) is 0 Å². The van der Waals surface area contributed by atoms with Crippen molar-refractivity contribution < 1.29 is 14.6 Å². The molecule has 1 aromatic heterocycles. The van der Waals surface area contributed by atoms with Crippen LogP contribution in [0.1, 0.15) is 47.8 Å². The molecule has 0 bridgehead atoms. The summed E-state index contributed by atoms with van der Waals surface area (Å²) in [5, 5.41) is 11.8. The molecule has 1 aliphatic heterocycles. The van der Waals surface area contributed by atoms with Gasteiger partial charge in [0.25, 0.3) is 5.91 Å². The third kappa shape index (κ3) is 4.09. The molecule has 4 nitrogen and oxygen atoms in total. The summed E-state index contributed by atoms with van der Waals surface area (Å²) in [6.07, 6.45) is 4.75. The quantitative estimate of drug-likeness (QED) is 0.784. The SMILES string of the molecule is CCc1cc(C(=O)N2CCC[C@@](CO)(CCCOC)C2)cs1. The molecule has 1 fully saturated rings. The lowest BCUT2D eigenvalue weighted by Crippen LogP contribution is -2.48. The molecular weight excluding hydrogens is 298 g/mol. The predicted octanol–water partition coefficient (Wildman–Crippen LogP) is 2.95. The third-order valence-corrected chi connectivity index (χ3v) is 5.67. The van der Waals surface area contributed by atoms with Gasteiger partial charge in [-0.1, -0.05) is 6.92 Å². The first-order chi connectivity index (χ1) is 10.6. The zero-order chi connectivity index (χ0) is 16.0. The Morgan fingerprint density at radius 2 is 2.36 bits per heavy atom. The van der Waals surface area contributed by atoms with Crippen LogP contribution < -0.4 is 0 Å². The first-order valence-corrected chi connectivity index (χ1v) is 8.98. The van der Waals surface area contributed by atoms with Gasteiger partial charge in [-0.15, -0.1) is 11.3 Å². The maximum Gasteiger partial charge on any atom is 0.254 e. The minimum atomic E-state index is -0.157. The molecule has 5 heteroatoms. The monoisotopic (exact) mass is 325 g/mol. The molecular formula is C17H27NO3S. The molecule has 0 aromatic carbocycles. The van der Waals surface area contributed by atoms with E-state index in [0.717, 1.165) is 44.2 Å². The molecule has 1 N–H and O–H groups in total. The summed E-state index contributed by atoms with van der Waals surface area (Å²) < 4.78 is 5.12. The highest BCUT2D eigenvalue weighted by Crippen LogP contribution is 2.35.